The van der Waals surface area contributed by atoms with Crippen LogP contribution in [0.15, 0.2) is 82.5 Å². The first-order chi connectivity index (χ1) is 19.7. The molecule has 3 atom stereocenters. The number of carbonyl (C=O) groups excluding carboxylic acids is 1. The molecule has 0 radical (unpaired) electrons. The lowest BCUT2D eigenvalue weighted by Gasteiger charge is -2.23. The van der Waals surface area contributed by atoms with Gasteiger partial charge in [-0.1, -0.05) is 12.1 Å². The number of ether oxygens (including phenoxy) is 4. The number of rotatable bonds is 8. The molecule has 1 N–H and O–H groups in total. The van der Waals surface area contributed by atoms with Crippen LogP contribution in [0.4, 0.5) is 0 Å². The molecule has 0 aliphatic carbocycles. The molecule has 0 bridgehead atoms. The third-order valence-electron chi connectivity index (χ3n) is 6.50. The lowest BCUT2D eigenvalue weighted by molar-refractivity contribution is -0.106. The zero-order chi connectivity index (χ0) is 27.6. The fourth-order valence-corrected chi connectivity index (χ4v) is 4.32. The van der Waals surface area contributed by atoms with Gasteiger partial charge in [0.05, 0.1) is 25.6 Å². The maximum absolute atomic E-state index is 12.0. The number of hydrogen-bond donors (Lipinski definition) is 1. The van der Waals surface area contributed by atoms with Crippen molar-refractivity contribution in [2.24, 2.45) is 0 Å². The first kappa shape index (κ1) is 27.6. The van der Waals surface area contributed by atoms with Gasteiger partial charge in [0.1, 0.15) is 17.6 Å². The fourth-order valence-electron chi connectivity index (χ4n) is 4.32. The monoisotopic (exact) mass is 548 g/mol. The third kappa shape index (κ3) is 7.56. The predicted molar refractivity (Wildman–Crippen MR) is 142 cm³/mol. The molecule has 2 aromatic carbocycles. The van der Waals surface area contributed by atoms with E-state index in [0.29, 0.717) is 17.1 Å². The van der Waals surface area contributed by atoms with E-state index in [4.69, 9.17) is 27.8 Å². The zero-order valence-corrected chi connectivity index (χ0v) is 22.0. The van der Waals surface area contributed by atoms with Crippen LogP contribution < -0.4 is 9.47 Å². The maximum atomic E-state index is 12.0. The molecular formula is C30H32N2O8. The molecule has 210 valence electrons. The first-order valence-electron chi connectivity index (χ1n) is 13.4. The zero-order valence-electron chi connectivity index (χ0n) is 22.0. The number of aromatic nitrogens is 2. The van der Waals surface area contributed by atoms with Gasteiger partial charge in [0.15, 0.2) is 36.9 Å². The molecular weight excluding hydrogens is 516 g/mol. The van der Waals surface area contributed by atoms with Gasteiger partial charge in [-0.3, -0.25) is 4.79 Å². The van der Waals surface area contributed by atoms with Crippen molar-refractivity contribution in [2.75, 3.05) is 13.2 Å². The highest BCUT2D eigenvalue weighted by Crippen LogP contribution is 2.25. The Bertz CT molecular complexity index is 1280. The summed E-state index contributed by atoms with van der Waals surface area (Å²) in [5.74, 6) is 1.91. The summed E-state index contributed by atoms with van der Waals surface area (Å²) in [7, 11) is 0. The Balaban J connectivity index is 0.000000161. The summed E-state index contributed by atoms with van der Waals surface area (Å²) in [5, 5.41) is 10.1. The van der Waals surface area contributed by atoms with E-state index in [-0.39, 0.29) is 24.1 Å². The molecule has 6 rings (SSSR count). The minimum atomic E-state index is -0.808. The molecule has 10 heteroatoms. The summed E-state index contributed by atoms with van der Waals surface area (Å²) in [4.78, 5) is 19.5. The summed E-state index contributed by atoms with van der Waals surface area (Å²) >= 11 is 0. The van der Waals surface area contributed by atoms with E-state index < -0.39 is 6.10 Å². The molecule has 2 aromatic heterocycles. The van der Waals surface area contributed by atoms with E-state index in [1.807, 2.05) is 24.3 Å². The van der Waals surface area contributed by atoms with Crippen LogP contribution in [0.3, 0.4) is 0 Å². The fraction of sp³-hybridized carbons (Fsp3) is 0.367. The number of hydrogen-bond acceptors (Lipinski definition) is 10. The number of ketones is 1. The Morgan fingerprint density at radius 2 is 1.35 bits per heavy atom. The molecule has 0 saturated carbocycles. The van der Waals surface area contributed by atoms with Gasteiger partial charge in [-0.2, -0.15) is 0 Å². The lowest BCUT2D eigenvalue weighted by Crippen LogP contribution is -2.24. The SMILES string of the molecule is O=C(c1ccc(OC2CCCCO2)cc1)c1cnco1.OC(c1ccc(OC2CCCCO2)cc1)c1cnco1. The van der Waals surface area contributed by atoms with Crippen molar-refractivity contribution in [2.45, 2.75) is 57.2 Å². The van der Waals surface area contributed by atoms with Gasteiger partial charge >= 0.3 is 0 Å². The average molecular weight is 549 g/mol. The number of carbonyl (C=O) groups is 1. The largest absolute Gasteiger partial charge is 0.465 e. The van der Waals surface area contributed by atoms with E-state index in [1.54, 1.807) is 24.3 Å². The topological polar surface area (TPSA) is 126 Å². The number of nitrogens with zero attached hydrogens (tertiary/aromatic N) is 2. The van der Waals surface area contributed by atoms with Crippen LogP contribution >= 0.6 is 0 Å². The second kappa shape index (κ2) is 13.9. The summed E-state index contributed by atoms with van der Waals surface area (Å²) in [6.45, 7) is 1.50. The molecule has 40 heavy (non-hydrogen) atoms. The summed E-state index contributed by atoms with van der Waals surface area (Å²) in [6.07, 6.45) is 10.6. The predicted octanol–water partition coefficient (Wildman–Crippen LogP) is 5.47. The van der Waals surface area contributed by atoms with Crippen LogP contribution in [0.25, 0.3) is 0 Å². The van der Waals surface area contributed by atoms with Crippen molar-refractivity contribution in [1.29, 1.82) is 0 Å². The molecule has 2 fully saturated rings. The Labute approximate surface area is 231 Å². The van der Waals surface area contributed by atoms with Crippen molar-refractivity contribution >= 4 is 5.78 Å². The molecule has 4 aromatic rings. The van der Waals surface area contributed by atoms with Gasteiger partial charge < -0.3 is 32.9 Å². The van der Waals surface area contributed by atoms with Gasteiger partial charge in [-0.25, -0.2) is 9.97 Å². The van der Waals surface area contributed by atoms with Crippen molar-refractivity contribution in [1.82, 2.24) is 9.97 Å². The van der Waals surface area contributed by atoms with E-state index in [1.165, 1.54) is 25.2 Å². The van der Waals surface area contributed by atoms with Crippen LogP contribution in [0.1, 0.15) is 72.1 Å². The normalized spacial score (nSPS) is 19.6. The van der Waals surface area contributed by atoms with Gasteiger partial charge in [0.2, 0.25) is 5.78 Å². The van der Waals surface area contributed by atoms with Gasteiger partial charge in [0.25, 0.3) is 0 Å². The van der Waals surface area contributed by atoms with E-state index >= 15 is 0 Å². The van der Waals surface area contributed by atoms with E-state index in [2.05, 4.69) is 9.97 Å². The van der Waals surface area contributed by atoms with Crippen LogP contribution in [0, 0.1) is 0 Å². The molecule has 3 unspecified atom stereocenters. The van der Waals surface area contributed by atoms with Gasteiger partial charge in [0, 0.05) is 18.4 Å². The van der Waals surface area contributed by atoms with Crippen molar-refractivity contribution in [3.8, 4) is 11.5 Å². The number of aliphatic hydroxyl groups is 1. The molecule has 0 spiro atoms. The highest BCUT2D eigenvalue weighted by atomic mass is 16.7. The average Bonchev–Trinajstić information content (AvgIpc) is 3.74. The minimum absolute atomic E-state index is 0.159. The Morgan fingerprint density at radius 3 is 1.85 bits per heavy atom. The summed E-state index contributed by atoms with van der Waals surface area (Å²) < 4.78 is 32.6. The Hall–Kier alpha value is -3.99. The van der Waals surface area contributed by atoms with Crippen molar-refractivity contribution in [3.63, 3.8) is 0 Å². The first-order valence-corrected chi connectivity index (χ1v) is 13.4. The van der Waals surface area contributed by atoms with Gasteiger partial charge in [-0.05, 0) is 67.6 Å². The highest BCUT2D eigenvalue weighted by molar-refractivity contribution is 6.06. The van der Waals surface area contributed by atoms with Crippen LogP contribution in [0.5, 0.6) is 11.5 Å². The van der Waals surface area contributed by atoms with Crippen LogP contribution in [-0.2, 0) is 9.47 Å². The van der Waals surface area contributed by atoms with E-state index in [0.717, 1.165) is 63.1 Å². The molecule has 2 aliphatic rings. The Morgan fingerprint density at radius 1 is 0.775 bits per heavy atom. The Kier molecular flexibility index (Phi) is 9.57. The van der Waals surface area contributed by atoms with Gasteiger partial charge in [-0.15, -0.1) is 0 Å². The molecule has 10 nitrogen and oxygen atoms in total. The molecule has 4 heterocycles. The van der Waals surface area contributed by atoms with Crippen molar-refractivity contribution in [3.05, 3.63) is 96.4 Å². The lowest BCUT2D eigenvalue weighted by atomic mass is 10.1. The van der Waals surface area contributed by atoms with Crippen LogP contribution in [-0.4, -0.2) is 46.7 Å². The van der Waals surface area contributed by atoms with Crippen LogP contribution in [0.2, 0.25) is 0 Å². The molecule has 0 amide bonds. The smallest absolute Gasteiger partial charge is 0.229 e. The maximum Gasteiger partial charge on any atom is 0.229 e. The summed E-state index contributed by atoms with van der Waals surface area (Å²) in [6, 6.07) is 14.2. The van der Waals surface area contributed by atoms with E-state index in [9.17, 15) is 9.90 Å². The highest BCUT2D eigenvalue weighted by Gasteiger charge is 2.18. The second-order valence-corrected chi connectivity index (χ2v) is 9.42. The summed E-state index contributed by atoms with van der Waals surface area (Å²) in [5.41, 5.74) is 1.28. The third-order valence-corrected chi connectivity index (χ3v) is 6.50. The molecule has 2 saturated heterocycles. The quantitative estimate of drug-likeness (QED) is 0.283. The number of benzene rings is 2. The second-order valence-electron chi connectivity index (χ2n) is 9.42. The standard InChI is InChI=1S/C15H17NO4.C15H15NO4/c2*17-15(13-9-16-10-19-13)11-4-6-12(7-5-11)20-14-3-1-2-8-18-14/h4-7,9-10,14-15,17H,1-3,8H2;4-7,9-10,14H,1-3,8H2. The number of aliphatic hydroxyl groups excluding tert-OH is 1. The minimum Gasteiger partial charge on any atom is -0.465 e. The number of oxazole rings is 2. The molecule has 2 aliphatic heterocycles. The van der Waals surface area contributed by atoms with Crippen molar-refractivity contribution < 1.29 is 37.7 Å².